The normalized spacial score (nSPS) is 16.1. The van der Waals surface area contributed by atoms with Crippen LogP contribution in [0.1, 0.15) is 25.0 Å². The van der Waals surface area contributed by atoms with Crippen LogP contribution in [0.4, 0.5) is 17.1 Å². The lowest BCUT2D eigenvalue weighted by molar-refractivity contribution is -0.384. The van der Waals surface area contributed by atoms with Crippen LogP contribution in [0.3, 0.4) is 0 Å². The van der Waals surface area contributed by atoms with Crippen molar-refractivity contribution in [2.75, 3.05) is 11.9 Å². The summed E-state index contributed by atoms with van der Waals surface area (Å²) in [5.74, 6) is 0. The van der Waals surface area contributed by atoms with Gasteiger partial charge >= 0.3 is 0 Å². The van der Waals surface area contributed by atoms with E-state index in [1.165, 1.54) is 28.7 Å². The number of likely N-dealkylation sites (N-methyl/N-ethyl adjacent to an activating group) is 1. The zero-order valence-corrected chi connectivity index (χ0v) is 21.9. The number of aryl methyl sites for hydroxylation is 1. The molecule has 0 saturated heterocycles. The van der Waals surface area contributed by atoms with Crippen LogP contribution in [0, 0.1) is 17.0 Å². The lowest BCUT2D eigenvalue weighted by atomic mass is 9.84. The van der Waals surface area contributed by atoms with Gasteiger partial charge in [0, 0.05) is 53.1 Å². The fourth-order valence-electron chi connectivity index (χ4n) is 4.75. The van der Waals surface area contributed by atoms with Crippen LogP contribution in [0.15, 0.2) is 100 Å². The summed E-state index contributed by atoms with van der Waals surface area (Å²) in [6, 6.07) is 22.9. The third kappa shape index (κ3) is 4.63. The fourth-order valence-corrected chi connectivity index (χ4v) is 5.60. The van der Waals surface area contributed by atoms with Crippen LogP contribution >= 0.6 is 11.3 Å². The van der Waals surface area contributed by atoms with Crippen molar-refractivity contribution in [3.8, 4) is 11.3 Å². The third-order valence-corrected chi connectivity index (χ3v) is 7.44. The molecule has 7 nitrogen and oxygen atoms in total. The molecule has 0 spiro atoms. The molecule has 0 N–H and O–H groups in total. The van der Waals surface area contributed by atoms with E-state index in [2.05, 4.69) is 44.0 Å². The number of hydrogen-bond donors (Lipinski definition) is 0. The summed E-state index contributed by atoms with van der Waals surface area (Å²) in [6.07, 6.45) is 3.81. The lowest BCUT2D eigenvalue weighted by Gasteiger charge is -2.23. The zero-order valence-electron chi connectivity index (χ0n) is 21.1. The number of nitro benzene ring substituents is 1. The van der Waals surface area contributed by atoms with Gasteiger partial charge in [0.1, 0.15) is 0 Å². The first-order valence-electron chi connectivity index (χ1n) is 11.9. The van der Waals surface area contributed by atoms with E-state index in [9.17, 15) is 10.1 Å². The Labute approximate surface area is 219 Å². The smallest absolute Gasteiger partial charge is 0.270 e. The van der Waals surface area contributed by atoms with Gasteiger partial charge < -0.3 is 4.90 Å². The van der Waals surface area contributed by atoms with Crippen molar-refractivity contribution >= 4 is 34.6 Å². The average molecular weight is 510 g/mol. The molecule has 0 radical (unpaired) electrons. The van der Waals surface area contributed by atoms with Crippen molar-refractivity contribution in [2.45, 2.75) is 26.2 Å². The molecule has 5 rings (SSSR count). The maximum atomic E-state index is 11.4. The van der Waals surface area contributed by atoms with Crippen molar-refractivity contribution in [1.82, 2.24) is 4.68 Å². The van der Waals surface area contributed by atoms with Gasteiger partial charge in [0.05, 0.1) is 16.3 Å². The molecule has 1 aromatic heterocycles. The standard InChI is InChI=1S/C29H27N5O2S/c1-20-9-7-11-22(17-20)31-28-33(26(19-37-28)21-10-8-12-23(18-21)34(35)36)30-16-15-27-29(2,3)24-13-5-6-14-25(24)32(27)4/h5-19H,1-4H3. The van der Waals surface area contributed by atoms with Gasteiger partial charge in [-0.2, -0.15) is 5.10 Å². The minimum Gasteiger partial charge on any atom is -0.347 e. The van der Waals surface area contributed by atoms with E-state index >= 15 is 0 Å². The van der Waals surface area contributed by atoms with Crippen molar-refractivity contribution < 1.29 is 4.92 Å². The number of thiazole rings is 1. The Morgan fingerprint density at radius 2 is 1.81 bits per heavy atom. The van der Waals surface area contributed by atoms with Gasteiger partial charge in [-0.25, -0.2) is 9.67 Å². The molecule has 0 unspecified atom stereocenters. The maximum absolute atomic E-state index is 11.4. The number of nitro groups is 1. The predicted octanol–water partition coefficient (Wildman–Crippen LogP) is 6.81. The number of hydrogen-bond acceptors (Lipinski definition) is 6. The Kier molecular flexibility index (Phi) is 6.35. The number of allylic oxidation sites excluding steroid dienone is 2. The summed E-state index contributed by atoms with van der Waals surface area (Å²) in [5.41, 5.74) is 6.81. The van der Waals surface area contributed by atoms with Gasteiger partial charge in [-0.05, 0) is 42.3 Å². The summed E-state index contributed by atoms with van der Waals surface area (Å²) >= 11 is 1.44. The predicted molar refractivity (Wildman–Crippen MR) is 151 cm³/mol. The number of benzene rings is 3. The molecule has 2 heterocycles. The zero-order chi connectivity index (χ0) is 26.2. The van der Waals surface area contributed by atoms with Crippen molar-refractivity contribution in [1.29, 1.82) is 0 Å². The van der Waals surface area contributed by atoms with E-state index in [4.69, 9.17) is 10.1 Å². The quantitative estimate of drug-likeness (QED) is 0.168. The Hall–Kier alpha value is -4.30. The van der Waals surface area contributed by atoms with Gasteiger partial charge in [-0.1, -0.05) is 56.3 Å². The fraction of sp³-hybridized carbons (Fsp3) is 0.172. The second-order valence-electron chi connectivity index (χ2n) is 9.49. The van der Waals surface area contributed by atoms with Gasteiger partial charge in [0.2, 0.25) is 4.80 Å². The topological polar surface area (TPSA) is 76.0 Å². The summed E-state index contributed by atoms with van der Waals surface area (Å²) in [5, 5.41) is 18.1. The summed E-state index contributed by atoms with van der Waals surface area (Å²) < 4.78 is 1.75. The van der Waals surface area contributed by atoms with Crippen LogP contribution in [0.25, 0.3) is 11.3 Å². The molecule has 186 valence electrons. The minimum atomic E-state index is -0.387. The SMILES string of the molecule is Cc1cccc(N=c2scc(-c3cccc([N+](=O)[O-])c3)n2N=CC=C2N(C)c3ccccc3C2(C)C)c1. The highest BCUT2D eigenvalue weighted by atomic mass is 32.1. The lowest BCUT2D eigenvalue weighted by Crippen LogP contribution is -2.23. The average Bonchev–Trinajstić information content (AvgIpc) is 3.36. The molecule has 0 aliphatic carbocycles. The highest BCUT2D eigenvalue weighted by Crippen LogP contribution is 2.46. The van der Waals surface area contributed by atoms with Crippen LogP contribution in [0.5, 0.6) is 0 Å². The molecule has 0 bridgehead atoms. The van der Waals surface area contributed by atoms with Crippen LogP contribution < -0.4 is 9.70 Å². The highest BCUT2D eigenvalue weighted by molar-refractivity contribution is 7.07. The molecule has 37 heavy (non-hydrogen) atoms. The molecule has 0 amide bonds. The number of fused-ring (bicyclic) bond motifs is 1. The molecule has 0 fully saturated rings. The van der Waals surface area contributed by atoms with Gasteiger partial charge in [-0.3, -0.25) is 10.1 Å². The Morgan fingerprint density at radius 3 is 2.57 bits per heavy atom. The Bertz CT molecular complexity index is 1630. The van der Waals surface area contributed by atoms with Crippen LogP contribution in [0.2, 0.25) is 0 Å². The first-order chi connectivity index (χ1) is 17.8. The molecule has 0 saturated carbocycles. The largest absolute Gasteiger partial charge is 0.347 e. The number of anilines is 1. The summed E-state index contributed by atoms with van der Waals surface area (Å²) in [6.45, 7) is 6.44. The number of rotatable bonds is 5. The van der Waals surface area contributed by atoms with Gasteiger partial charge in [0.15, 0.2) is 0 Å². The minimum absolute atomic E-state index is 0.0330. The van der Waals surface area contributed by atoms with E-state index in [0.29, 0.717) is 10.4 Å². The third-order valence-electron chi connectivity index (χ3n) is 6.62. The molecule has 0 atom stereocenters. The van der Waals surface area contributed by atoms with E-state index in [0.717, 1.165) is 22.6 Å². The second-order valence-corrected chi connectivity index (χ2v) is 10.3. The van der Waals surface area contributed by atoms with Gasteiger partial charge in [-0.15, -0.1) is 11.3 Å². The van der Waals surface area contributed by atoms with Crippen LogP contribution in [-0.4, -0.2) is 22.9 Å². The summed E-state index contributed by atoms with van der Waals surface area (Å²) in [4.78, 5) is 18.7. The van der Waals surface area contributed by atoms with E-state index < -0.39 is 0 Å². The van der Waals surface area contributed by atoms with Crippen LogP contribution in [-0.2, 0) is 5.41 Å². The highest BCUT2D eigenvalue weighted by Gasteiger charge is 2.37. The Balaban J connectivity index is 1.61. The first kappa shape index (κ1) is 24.4. The molecule has 3 aromatic carbocycles. The van der Waals surface area contributed by atoms with Crippen molar-refractivity contribution in [2.24, 2.45) is 10.1 Å². The van der Waals surface area contributed by atoms with Gasteiger partial charge in [0.25, 0.3) is 5.69 Å². The number of aromatic nitrogens is 1. The summed E-state index contributed by atoms with van der Waals surface area (Å²) in [7, 11) is 2.07. The molecule has 8 heteroatoms. The molecule has 1 aliphatic heterocycles. The monoisotopic (exact) mass is 509 g/mol. The van der Waals surface area contributed by atoms with E-state index in [1.807, 2.05) is 54.8 Å². The molecular weight excluding hydrogens is 482 g/mol. The molecule has 1 aliphatic rings. The van der Waals surface area contributed by atoms with E-state index in [1.54, 1.807) is 23.0 Å². The first-order valence-corrected chi connectivity index (χ1v) is 12.8. The van der Waals surface area contributed by atoms with E-state index in [-0.39, 0.29) is 16.0 Å². The Morgan fingerprint density at radius 1 is 1.03 bits per heavy atom. The molecule has 4 aromatic rings. The number of para-hydroxylation sites is 1. The number of nitrogens with zero attached hydrogens (tertiary/aromatic N) is 5. The van der Waals surface area contributed by atoms with Crippen molar-refractivity contribution in [3.63, 3.8) is 0 Å². The molecular formula is C29H27N5O2S. The van der Waals surface area contributed by atoms with Crippen molar-refractivity contribution in [3.05, 3.63) is 116 Å². The maximum Gasteiger partial charge on any atom is 0.270 e. The number of non-ortho nitro benzene ring substituents is 1. The second kappa shape index (κ2) is 9.63.